The van der Waals surface area contributed by atoms with Gasteiger partial charge in [-0.05, 0) is 36.3 Å². The van der Waals surface area contributed by atoms with Gasteiger partial charge in [-0.15, -0.1) is 0 Å². The number of carbonyl (C=O) groups is 1. The molecule has 6 heteroatoms. The predicted octanol–water partition coefficient (Wildman–Crippen LogP) is 2.85. The fourth-order valence-electron chi connectivity index (χ4n) is 1.53. The fourth-order valence-corrected chi connectivity index (χ4v) is 2.06. The van der Waals surface area contributed by atoms with Gasteiger partial charge in [0.25, 0.3) is 11.6 Å². The van der Waals surface area contributed by atoms with Crippen LogP contribution >= 0.6 is 22.6 Å². The minimum atomic E-state index is -0.447. The van der Waals surface area contributed by atoms with Crippen LogP contribution in [0.1, 0.15) is 28.8 Å². The van der Waals surface area contributed by atoms with Crippen molar-refractivity contribution >= 4 is 34.2 Å². The number of alkyl halides is 1. The Morgan fingerprint density at radius 1 is 1.44 bits per heavy atom. The van der Waals surface area contributed by atoms with Gasteiger partial charge in [-0.3, -0.25) is 14.9 Å². The number of benzene rings is 1. The number of aryl methyl sites for hydroxylation is 1. The number of hydrogen-bond donors (Lipinski definition) is 1. The van der Waals surface area contributed by atoms with E-state index in [0.717, 1.165) is 17.3 Å². The molecule has 1 N–H and O–H groups in total. The molecule has 0 aliphatic carbocycles. The van der Waals surface area contributed by atoms with E-state index in [0.29, 0.717) is 17.7 Å². The summed E-state index contributed by atoms with van der Waals surface area (Å²) < 4.78 is 1.07. The number of unbranched alkanes of at least 4 members (excludes halogenated alkanes) is 1. The van der Waals surface area contributed by atoms with Crippen molar-refractivity contribution in [3.63, 3.8) is 0 Å². The smallest absolute Gasteiger partial charge is 0.272 e. The van der Waals surface area contributed by atoms with Gasteiger partial charge in [0.1, 0.15) is 0 Å². The van der Waals surface area contributed by atoms with E-state index >= 15 is 0 Å². The number of hydrogen-bond acceptors (Lipinski definition) is 3. The maximum atomic E-state index is 11.8. The van der Waals surface area contributed by atoms with Gasteiger partial charge < -0.3 is 5.32 Å². The van der Waals surface area contributed by atoms with E-state index in [4.69, 9.17) is 0 Å². The second kappa shape index (κ2) is 7.30. The molecule has 0 aromatic heterocycles. The summed E-state index contributed by atoms with van der Waals surface area (Å²) in [6.45, 7) is 2.27. The summed E-state index contributed by atoms with van der Waals surface area (Å²) in [5, 5.41) is 13.4. The molecule has 98 valence electrons. The summed E-state index contributed by atoms with van der Waals surface area (Å²) >= 11 is 2.29. The summed E-state index contributed by atoms with van der Waals surface area (Å²) in [4.78, 5) is 22.0. The van der Waals surface area contributed by atoms with E-state index in [1.807, 2.05) is 0 Å². The second-order valence-corrected chi connectivity index (χ2v) is 4.99. The third-order valence-electron chi connectivity index (χ3n) is 2.50. The zero-order chi connectivity index (χ0) is 13.5. The predicted molar refractivity (Wildman–Crippen MR) is 78.3 cm³/mol. The Hall–Kier alpha value is -1.18. The third-order valence-corrected chi connectivity index (χ3v) is 3.26. The Bertz CT molecular complexity index is 449. The molecule has 0 heterocycles. The Morgan fingerprint density at radius 2 is 2.17 bits per heavy atom. The van der Waals surface area contributed by atoms with Gasteiger partial charge >= 0.3 is 0 Å². The normalized spacial score (nSPS) is 10.1. The number of rotatable bonds is 6. The Balaban J connectivity index is 2.64. The molecule has 0 bridgehead atoms. The summed E-state index contributed by atoms with van der Waals surface area (Å²) in [7, 11) is 0. The first-order valence-corrected chi connectivity index (χ1v) is 7.18. The van der Waals surface area contributed by atoms with E-state index in [1.54, 1.807) is 13.0 Å². The molecule has 0 radical (unpaired) electrons. The van der Waals surface area contributed by atoms with Crippen LogP contribution in [0.15, 0.2) is 18.2 Å². The number of amides is 1. The lowest BCUT2D eigenvalue weighted by atomic mass is 10.1. The van der Waals surface area contributed by atoms with Gasteiger partial charge in [0.05, 0.1) is 4.92 Å². The maximum absolute atomic E-state index is 11.8. The average molecular weight is 362 g/mol. The highest BCUT2D eigenvalue weighted by molar-refractivity contribution is 14.1. The number of nitrogens with zero attached hydrogens (tertiary/aromatic N) is 1. The Labute approximate surface area is 119 Å². The maximum Gasteiger partial charge on any atom is 0.272 e. The van der Waals surface area contributed by atoms with Crippen molar-refractivity contribution in [2.75, 3.05) is 11.0 Å². The molecule has 1 amide bonds. The first kappa shape index (κ1) is 14.9. The molecule has 1 aromatic carbocycles. The molecule has 0 aliphatic heterocycles. The molecule has 0 fully saturated rings. The molecule has 0 saturated carbocycles. The molecule has 0 unspecified atom stereocenters. The van der Waals surface area contributed by atoms with Crippen LogP contribution in [0.2, 0.25) is 0 Å². The topological polar surface area (TPSA) is 72.2 Å². The van der Waals surface area contributed by atoms with Crippen LogP contribution in [0.4, 0.5) is 5.69 Å². The van der Waals surface area contributed by atoms with Crippen molar-refractivity contribution in [2.24, 2.45) is 0 Å². The quantitative estimate of drug-likeness (QED) is 0.278. The molecule has 0 spiro atoms. The number of carbonyl (C=O) groups excluding carboxylic acids is 1. The fraction of sp³-hybridized carbons (Fsp3) is 0.417. The minimum Gasteiger partial charge on any atom is -0.352 e. The van der Waals surface area contributed by atoms with E-state index in [-0.39, 0.29) is 11.6 Å². The first-order valence-electron chi connectivity index (χ1n) is 5.65. The number of nitro benzene ring substituents is 1. The van der Waals surface area contributed by atoms with Crippen LogP contribution in [0, 0.1) is 17.0 Å². The highest BCUT2D eigenvalue weighted by atomic mass is 127. The summed E-state index contributed by atoms with van der Waals surface area (Å²) in [6.07, 6.45) is 2.01. The van der Waals surface area contributed by atoms with Crippen molar-refractivity contribution in [1.82, 2.24) is 5.32 Å². The van der Waals surface area contributed by atoms with Crippen molar-refractivity contribution in [2.45, 2.75) is 19.8 Å². The van der Waals surface area contributed by atoms with Gasteiger partial charge in [-0.2, -0.15) is 0 Å². The van der Waals surface area contributed by atoms with Crippen LogP contribution in [0.3, 0.4) is 0 Å². The van der Waals surface area contributed by atoms with E-state index in [1.165, 1.54) is 12.1 Å². The van der Waals surface area contributed by atoms with Gasteiger partial charge in [0.2, 0.25) is 0 Å². The van der Waals surface area contributed by atoms with Crippen LogP contribution in [-0.4, -0.2) is 21.8 Å². The van der Waals surface area contributed by atoms with Crippen molar-refractivity contribution < 1.29 is 9.72 Å². The minimum absolute atomic E-state index is 0.0384. The van der Waals surface area contributed by atoms with Crippen LogP contribution in [0.5, 0.6) is 0 Å². The molecule has 18 heavy (non-hydrogen) atoms. The highest BCUT2D eigenvalue weighted by Gasteiger charge is 2.13. The molecule has 1 rings (SSSR count). The van der Waals surface area contributed by atoms with E-state index in [2.05, 4.69) is 27.9 Å². The van der Waals surface area contributed by atoms with E-state index < -0.39 is 4.92 Å². The summed E-state index contributed by atoms with van der Waals surface area (Å²) in [6, 6.07) is 4.40. The van der Waals surface area contributed by atoms with Crippen molar-refractivity contribution in [3.05, 3.63) is 39.4 Å². The third kappa shape index (κ3) is 4.25. The monoisotopic (exact) mass is 362 g/mol. The summed E-state index contributed by atoms with van der Waals surface area (Å²) in [5.41, 5.74) is 1.00. The van der Waals surface area contributed by atoms with Crippen LogP contribution in [-0.2, 0) is 0 Å². The lowest BCUT2D eigenvalue weighted by molar-refractivity contribution is -0.385. The molecular formula is C12H15IN2O3. The molecule has 0 aliphatic rings. The average Bonchev–Trinajstić information content (AvgIpc) is 2.33. The van der Waals surface area contributed by atoms with E-state index in [9.17, 15) is 14.9 Å². The molecule has 0 saturated heterocycles. The molecular weight excluding hydrogens is 347 g/mol. The standard InChI is InChI=1S/C12H15IN2O3/c1-9-8-10(4-5-11(9)15(17)18)12(16)14-7-3-2-6-13/h4-5,8H,2-3,6-7H2,1H3,(H,14,16). The summed E-state index contributed by atoms with van der Waals surface area (Å²) in [5.74, 6) is -0.179. The highest BCUT2D eigenvalue weighted by Crippen LogP contribution is 2.18. The Morgan fingerprint density at radius 3 is 2.72 bits per heavy atom. The lowest BCUT2D eigenvalue weighted by Crippen LogP contribution is -2.24. The zero-order valence-corrected chi connectivity index (χ0v) is 12.3. The van der Waals surface area contributed by atoms with Gasteiger partial charge in [0.15, 0.2) is 0 Å². The largest absolute Gasteiger partial charge is 0.352 e. The van der Waals surface area contributed by atoms with Crippen molar-refractivity contribution in [1.29, 1.82) is 0 Å². The SMILES string of the molecule is Cc1cc(C(=O)NCCCCI)ccc1[N+](=O)[O-]. The van der Waals surface area contributed by atoms with Crippen LogP contribution < -0.4 is 5.32 Å². The van der Waals surface area contributed by atoms with Gasteiger partial charge in [0, 0.05) is 23.7 Å². The van der Waals surface area contributed by atoms with Gasteiger partial charge in [-0.25, -0.2) is 0 Å². The zero-order valence-electron chi connectivity index (χ0n) is 10.1. The molecule has 0 atom stereocenters. The first-order chi connectivity index (χ1) is 8.56. The molecule has 5 nitrogen and oxygen atoms in total. The number of halogens is 1. The molecule has 1 aromatic rings. The number of nitro groups is 1. The van der Waals surface area contributed by atoms with Gasteiger partial charge in [-0.1, -0.05) is 22.6 Å². The second-order valence-electron chi connectivity index (χ2n) is 3.91. The lowest BCUT2D eigenvalue weighted by Gasteiger charge is -2.05. The number of nitrogens with one attached hydrogen (secondary N) is 1. The van der Waals surface area contributed by atoms with Crippen molar-refractivity contribution in [3.8, 4) is 0 Å². The van der Waals surface area contributed by atoms with Crippen LogP contribution in [0.25, 0.3) is 0 Å². The Kier molecular flexibility index (Phi) is 6.03.